The molecule has 0 unspecified atom stereocenters. The Labute approximate surface area is 131 Å². The van der Waals surface area contributed by atoms with Gasteiger partial charge in [-0.1, -0.05) is 6.07 Å². The third kappa shape index (κ3) is 4.29. The van der Waals surface area contributed by atoms with Crippen molar-refractivity contribution in [2.24, 2.45) is 0 Å². The minimum absolute atomic E-state index is 0.0727. The van der Waals surface area contributed by atoms with Gasteiger partial charge in [-0.2, -0.15) is 0 Å². The Bertz CT molecular complexity index is 659. The number of carbonyl (C=O) groups is 2. The van der Waals surface area contributed by atoms with E-state index in [0.717, 1.165) is 10.9 Å². The van der Waals surface area contributed by atoms with Crippen LogP contribution in [0.4, 0.5) is 14.9 Å². The molecule has 2 aromatic rings. The van der Waals surface area contributed by atoms with Crippen molar-refractivity contribution in [3.63, 3.8) is 0 Å². The molecule has 116 valence electrons. The molecule has 2 rings (SSSR count). The number of benzene rings is 1. The van der Waals surface area contributed by atoms with Crippen LogP contribution in [-0.4, -0.2) is 25.7 Å². The zero-order valence-electron chi connectivity index (χ0n) is 11.9. The van der Waals surface area contributed by atoms with Gasteiger partial charge in [0.2, 0.25) is 0 Å². The maximum absolute atomic E-state index is 13.6. The lowest BCUT2D eigenvalue weighted by molar-refractivity contribution is 0.0600. The molecule has 2 amide bonds. The van der Waals surface area contributed by atoms with E-state index in [9.17, 15) is 14.0 Å². The molecule has 7 heteroatoms. The number of amides is 2. The zero-order valence-corrected chi connectivity index (χ0v) is 12.7. The topological polar surface area (TPSA) is 67.4 Å². The first-order valence-electron chi connectivity index (χ1n) is 6.55. The van der Waals surface area contributed by atoms with E-state index >= 15 is 0 Å². The van der Waals surface area contributed by atoms with Gasteiger partial charge in [0.05, 0.1) is 18.4 Å². The number of rotatable bonds is 5. The van der Waals surface area contributed by atoms with Crippen LogP contribution in [0.25, 0.3) is 0 Å². The average molecular weight is 322 g/mol. The number of thiophene rings is 1. The first-order valence-corrected chi connectivity index (χ1v) is 7.43. The molecule has 1 heterocycles. The molecule has 22 heavy (non-hydrogen) atoms. The van der Waals surface area contributed by atoms with Crippen molar-refractivity contribution >= 4 is 29.0 Å². The Kier molecular flexibility index (Phi) is 5.48. The van der Waals surface area contributed by atoms with Gasteiger partial charge in [-0.3, -0.25) is 0 Å². The molecule has 0 bridgehead atoms. The monoisotopic (exact) mass is 322 g/mol. The number of methoxy groups -OCH3 is 1. The Morgan fingerprint density at radius 1 is 1.32 bits per heavy atom. The van der Waals surface area contributed by atoms with Crippen molar-refractivity contribution in [3.8, 4) is 0 Å². The molecule has 1 aromatic heterocycles. The summed E-state index contributed by atoms with van der Waals surface area (Å²) in [7, 11) is 1.23. The quantitative estimate of drug-likeness (QED) is 0.832. The summed E-state index contributed by atoms with van der Waals surface area (Å²) in [5, 5.41) is 6.97. The van der Waals surface area contributed by atoms with E-state index in [2.05, 4.69) is 15.4 Å². The highest BCUT2D eigenvalue weighted by molar-refractivity contribution is 7.09. The molecular weight excluding hydrogens is 307 g/mol. The van der Waals surface area contributed by atoms with Crippen LogP contribution in [0, 0.1) is 5.82 Å². The molecule has 0 atom stereocenters. The maximum Gasteiger partial charge on any atom is 0.337 e. The molecule has 5 nitrogen and oxygen atoms in total. The van der Waals surface area contributed by atoms with E-state index in [1.807, 2.05) is 17.5 Å². The molecule has 0 radical (unpaired) electrons. The fourth-order valence-electron chi connectivity index (χ4n) is 1.79. The molecule has 0 saturated carbocycles. The second-order valence-electron chi connectivity index (χ2n) is 4.40. The number of nitrogens with one attached hydrogen (secondary N) is 2. The number of esters is 1. The van der Waals surface area contributed by atoms with Crippen LogP contribution in [0.15, 0.2) is 35.7 Å². The summed E-state index contributed by atoms with van der Waals surface area (Å²) >= 11 is 1.61. The summed E-state index contributed by atoms with van der Waals surface area (Å²) in [6.07, 6.45) is 0.704. The lowest BCUT2D eigenvalue weighted by Gasteiger charge is -2.09. The van der Waals surface area contributed by atoms with Crippen LogP contribution in [0.3, 0.4) is 0 Å². The van der Waals surface area contributed by atoms with Crippen LogP contribution in [-0.2, 0) is 11.2 Å². The van der Waals surface area contributed by atoms with Crippen LogP contribution in [0.2, 0.25) is 0 Å². The van der Waals surface area contributed by atoms with Crippen molar-refractivity contribution in [2.75, 3.05) is 19.0 Å². The van der Waals surface area contributed by atoms with Gasteiger partial charge >= 0.3 is 12.0 Å². The summed E-state index contributed by atoms with van der Waals surface area (Å²) in [6, 6.07) is 7.02. The Morgan fingerprint density at radius 3 is 2.82 bits per heavy atom. The number of carbonyl (C=O) groups excluding carboxylic acids is 2. The van der Waals surface area contributed by atoms with Crippen molar-refractivity contribution in [2.45, 2.75) is 6.42 Å². The number of urea groups is 1. The first kappa shape index (κ1) is 16.0. The summed E-state index contributed by atoms with van der Waals surface area (Å²) in [5.41, 5.74) is 0.0920. The predicted molar refractivity (Wildman–Crippen MR) is 82.8 cm³/mol. The minimum Gasteiger partial charge on any atom is -0.465 e. The highest BCUT2D eigenvalue weighted by atomic mass is 32.1. The number of hydrogen-bond donors (Lipinski definition) is 2. The van der Waals surface area contributed by atoms with E-state index in [4.69, 9.17) is 0 Å². The van der Waals surface area contributed by atoms with E-state index < -0.39 is 17.8 Å². The van der Waals surface area contributed by atoms with Crippen molar-refractivity contribution < 1.29 is 18.7 Å². The zero-order chi connectivity index (χ0) is 15.9. The van der Waals surface area contributed by atoms with Gasteiger partial charge in [-0.15, -0.1) is 11.3 Å². The number of hydrogen-bond acceptors (Lipinski definition) is 4. The van der Waals surface area contributed by atoms with Gasteiger partial charge < -0.3 is 15.4 Å². The fourth-order valence-corrected chi connectivity index (χ4v) is 2.50. The molecular formula is C15H15FN2O3S. The van der Waals surface area contributed by atoms with Gasteiger partial charge in [0.1, 0.15) is 5.82 Å². The van der Waals surface area contributed by atoms with Crippen LogP contribution < -0.4 is 10.6 Å². The van der Waals surface area contributed by atoms with E-state index in [1.165, 1.54) is 19.2 Å². The Hall–Kier alpha value is -2.41. The molecule has 0 fully saturated rings. The third-order valence-corrected chi connectivity index (χ3v) is 3.81. The van der Waals surface area contributed by atoms with E-state index in [0.29, 0.717) is 13.0 Å². The molecule has 0 aliphatic heterocycles. The third-order valence-electron chi connectivity index (χ3n) is 2.87. The summed E-state index contributed by atoms with van der Waals surface area (Å²) in [4.78, 5) is 24.3. The summed E-state index contributed by atoms with van der Waals surface area (Å²) in [5.74, 6) is -1.22. The lowest BCUT2D eigenvalue weighted by atomic mass is 10.2. The number of anilines is 1. The van der Waals surface area contributed by atoms with Crippen LogP contribution >= 0.6 is 11.3 Å². The predicted octanol–water partition coefficient (Wildman–Crippen LogP) is 3.04. The van der Waals surface area contributed by atoms with E-state index in [1.54, 1.807) is 11.3 Å². The molecule has 0 aliphatic rings. The van der Waals surface area contributed by atoms with Crippen molar-refractivity contribution in [3.05, 3.63) is 52.0 Å². The molecule has 0 aliphatic carbocycles. The number of halogens is 1. The average Bonchev–Trinajstić information content (AvgIpc) is 3.02. The number of ether oxygens (including phenoxy) is 1. The Morgan fingerprint density at radius 2 is 2.14 bits per heavy atom. The highest BCUT2D eigenvalue weighted by Crippen LogP contribution is 2.16. The fraction of sp³-hybridized carbons (Fsp3) is 0.200. The van der Waals surface area contributed by atoms with Gasteiger partial charge in [0.15, 0.2) is 0 Å². The van der Waals surface area contributed by atoms with Crippen molar-refractivity contribution in [1.29, 1.82) is 0 Å². The molecule has 2 N–H and O–H groups in total. The second kappa shape index (κ2) is 7.56. The van der Waals surface area contributed by atoms with Crippen LogP contribution in [0.5, 0.6) is 0 Å². The van der Waals surface area contributed by atoms with Crippen LogP contribution in [0.1, 0.15) is 15.2 Å². The van der Waals surface area contributed by atoms with Gasteiger partial charge in [0, 0.05) is 11.4 Å². The van der Waals surface area contributed by atoms with Gasteiger partial charge in [0.25, 0.3) is 0 Å². The summed E-state index contributed by atoms with van der Waals surface area (Å²) in [6.45, 7) is 0.435. The standard InChI is InChI=1S/C15H15FN2O3S/c1-21-14(19)10-4-5-12(16)13(9-10)18-15(20)17-7-6-11-3-2-8-22-11/h2-5,8-9H,6-7H2,1H3,(H2,17,18,20). The normalized spacial score (nSPS) is 10.1. The molecule has 0 saturated heterocycles. The largest absolute Gasteiger partial charge is 0.465 e. The van der Waals surface area contributed by atoms with Gasteiger partial charge in [-0.25, -0.2) is 14.0 Å². The van der Waals surface area contributed by atoms with Gasteiger partial charge in [-0.05, 0) is 36.1 Å². The smallest absolute Gasteiger partial charge is 0.337 e. The van der Waals surface area contributed by atoms with E-state index in [-0.39, 0.29) is 11.3 Å². The lowest BCUT2D eigenvalue weighted by Crippen LogP contribution is -2.30. The van der Waals surface area contributed by atoms with Crippen molar-refractivity contribution in [1.82, 2.24) is 5.32 Å². The Balaban J connectivity index is 1.91. The second-order valence-corrected chi connectivity index (χ2v) is 5.43. The molecule has 1 aromatic carbocycles. The minimum atomic E-state index is -0.624. The SMILES string of the molecule is COC(=O)c1ccc(F)c(NC(=O)NCCc2cccs2)c1. The molecule has 0 spiro atoms. The summed E-state index contributed by atoms with van der Waals surface area (Å²) < 4.78 is 18.2. The maximum atomic E-state index is 13.6. The highest BCUT2D eigenvalue weighted by Gasteiger charge is 2.12. The first-order chi connectivity index (χ1) is 10.6.